The molecule has 2 aliphatic rings. The zero-order chi connectivity index (χ0) is 19.9. The lowest BCUT2D eigenvalue weighted by Crippen LogP contribution is -2.45. The molecule has 2 fully saturated rings. The van der Waals surface area contributed by atoms with Gasteiger partial charge < -0.3 is 19.9 Å². The minimum absolute atomic E-state index is 0.111. The quantitative estimate of drug-likeness (QED) is 0.806. The second-order valence-corrected chi connectivity index (χ2v) is 7.60. The first-order chi connectivity index (χ1) is 13.5. The molecule has 0 aliphatic carbocycles. The van der Waals surface area contributed by atoms with Crippen LogP contribution >= 0.6 is 0 Å². The van der Waals surface area contributed by atoms with E-state index < -0.39 is 0 Å². The van der Waals surface area contributed by atoms with Gasteiger partial charge in [0, 0.05) is 31.4 Å². The number of para-hydroxylation sites is 1. The number of nitrogens with one attached hydrogen (secondary N) is 1. The summed E-state index contributed by atoms with van der Waals surface area (Å²) >= 11 is 0. The van der Waals surface area contributed by atoms with E-state index >= 15 is 0 Å². The highest BCUT2D eigenvalue weighted by Crippen LogP contribution is 2.20. The maximum absolute atomic E-state index is 12.3. The van der Waals surface area contributed by atoms with E-state index in [2.05, 4.69) is 5.32 Å². The van der Waals surface area contributed by atoms with Crippen molar-refractivity contribution >= 4 is 23.6 Å². The highest BCUT2D eigenvalue weighted by molar-refractivity contribution is 5.89. The van der Waals surface area contributed by atoms with Gasteiger partial charge in [0.05, 0.1) is 5.92 Å². The highest BCUT2D eigenvalue weighted by atomic mass is 16.5. The summed E-state index contributed by atoms with van der Waals surface area (Å²) in [6.45, 7) is 3.59. The molecule has 0 saturated carbocycles. The van der Waals surface area contributed by atoms with Crippen molar-refractivity contribution in [3.8, 4) is 0 Å². The Morgan fingerprint density at radius 3 is 2.43 bits per heavy atom. The average Bonchev–Trinajstić information content (AvgIpc) is 2.73. The van der Waals surface area contributed by atoms with Crippen LogP contribution in [0, 0.1) is 5.92 Å². The van der Waals surface area contributed by atoms with Gasteiger partial charge in [-0.3, -0.25) is 9.59 Å². The third kappa shape index (κ3) is 5.24. The number of benzene rings is 1. The van der Waals surface area contributed by atoms with Gasteiger partial charge in [-0.2, -0.15) is 0 Å². The molecule has 1 aromatic rings. The Kier molecular flexibility index (Phi) is 6.90. The monoisotopic (exact) mass is 387 g/mol. The third-order valence-corrected chi connectivity index (χ3v) is 5.60. The Balaban J connectivity index is 1.40. The van der Waals surface area contributed by atoms with Crippen LogP contribution in [-0.2, 0) is 14.3 Å². The van der Waals surface area contributed by atoms with Crippen molar-refractivity contribution in [1.82, 2.24) is 9.80 Å². The molecule has 3 rings (SSSR count). The zero-order valence-electron chi connectivity index (χ0n) is 16.4. The first-order valence-corrected chi connectivity index (χ1v) is 10.1. The molecule has 2 saturated heterocycles. The van der Waals surface area contributed by atoms with Gasteiger partial charge >= 0.3 is 12.0 Å². The number of hydrogen-bond acceptors (Lipinski definition) is 4. The van der Waals surface area contributed by atoms with Crippen LogP contribution in [0.15, 0.2) is 30.3 Å². The number of likely N-dealkylation sites (tertiary alicyclic amines) is 2. The molecule has 1 atom stereocenters. The second-order valence-electron chi connectivity index (χ2n) is 7.60. The van der Waals surface area contributed by atoms with Crippen molar-refractivity contribution in [1.29, 1.82) is 0 Å². The molecule has 0 radical (unpaired) electrons. The number of amides is 3. The standard InChI is InChI=1S/C21H29N3O4/c1-16-7-5-6-12-24(16)19(25)15-28-20(26)17-10-13-23(14-11-17)21(27)22-18-8-3-2-4-9-18/h2-4,8-9,16-17H,5-7,10-15H2,1H3,(H,22,27)/t16-/m0/s1. The van der Waals surface area contributed by atoms with Gasteiger partial charge in [0.1, 0.15) is 0 Å². The molecule has 152 valence electrons. The minimum atomic E-state index is -0.332. The summed E-state index contributed by atoms with van der Waals surface area (Å²) in [4.78, 5) is 40.5. The topological polar surface area (TPSA) is 79.0 Å². The number of anilines is 1. The molecule has 7 nitrogen and oxygen atoms in total. The molecule has 2 heterocycles. The van der Waals surface area contributed by atoms with E-state index in [9.17, 15) is 14.4 Å². The van der Waals surface area contributed by atoms with Gasteiger partial charge in [0.25, 0.3) is 5.91 Å². The van der Waals surface area contributed by atoms with E-state index in [4.69, 9.17) is 4.74 Å². The third-order valence-electron chi connectivity index (χ3n) is 5.60. The fourth-order valence-corrected chi connectivity index (χ4v) is 3.84. The lowest BCUT2D eigenvalue weighted by atomic mass is 9.97. The van der Waals surface area contributed by atoms with Crippen molar-refractivity contribution in [3.05, 3.63) is 30.3 Å². The van der Waals surface area contributed by atoms with Crippen LogP contribution < -0.4 is 5.32 Å². The van der Waals surface area contributed by atoms with Crippen LogP contribution in [0.2, 0.25) is 0 Å². The van der Waals surface area contributed by atoms with Crippen LogP contribution in [0.1, 0.15) is 39.0 Å². The van der Waals surface area contributed by atoms with Crippen LogP contribution in [-0.4, -0.2) is 60.0 Å². The predicted molar refractivity (Wildman–Crippen MR) is 106 cm³/mol. The van der Waals surface area contributed by atoms with Gasteiger partial charge in [-0.15, -0.1) is 0 Å². The lowest BCUT2D eigenvalue weighted by molar-refractivity contribution is -0.157. The number of carbonyl (C=O) groups is 3. The minimum Gasteiger partial charge on any atom is -0.455 e. The largest absolute Gasteiger partial charge is 0.455 e. The number of rotatable bonds is 4. The number of hydrogen-bond donors (Lipinski definition) is 1. The maximum Gasteiger partial charge on any atom is 0.321 e. The summed E-state index contributed by atoms with van der Waals surface area (Å²) in [6.07, 6.45) is 4.25. The molecule has 28 heavy (non-hydrogen) atoms. The number of urea groups is 1. The number of carbonyl (C=O) groups excluding carboxylic acids is 3. The van der Waals surface area contributed by atoms with Gasteiger partial charge in [-0.05, 0) is 51.2 Å². The van der Waals surface area contributed by atoms with Gasteiger partial charge in [0.15, 0.2) is 6.61 Å². The van der Waals surface area contributed by atoms with Crippen LogP contribution in [0.25, 0.3) is 0 Å². The van der Waals surface area contributed by atoms with E-state index in [0.29, 0.717) is 25.9 Å². The molecular weight excluding hydrogens is 358 g/mol. The molecule has 3 amide bonds. The second kappa shape index (κ2) is 9.57. The Morgan fingerprint density at radius 1 is 1.04 bits per heavy atom. The van der Waals surface area contributed by atoms with Crippen molar-refractivity contribution in [2.24, 2.45) is 5.92 Å². The molecule has 0 unspecified atom stereocenters. The Morgan fingerprint density at radius 2 is 1.75 bits per heavy atom. The van der Waals surface area contributed by atoms with E-state index in [-0.39, 0.29) is 36.5 Å². The Bertz CT molecular complexity index is 686. The fraction of sp³-hybridized carbons (Fsp3) is 0.571. The average molecular weight is 387 g/mol. The molecule has 1 N–H and O–H groups in total. The summed E-state index contributed by atoms with van der Waals surface area (Å²) in [5.41, 5.74) is 0.750. The molecule has 1 aromatic carbocycles. The number of esters is 1. The summed E-state index contributed by atoms with van der Waals surface area (Å²) in [5.74, 6) is -0.700. The SMILES string of the molecule is C[C@H]1CCCCN1C(=O)COC(=O)C1CCN(C(=O)Nc2ccccc2)CC1. The summed E-state index contributed by atoms with van der Waals surface area (Å²) in [7, 11) is 0. The molecular formula is C21H29N3O4. The van der Waals surface area contributed by atoms with Gasteiger partial charge in [-0.25, -0.2) is 4.79 Å². The van der Waals surface area contributed by atoms with Crippen LogP contribution in [0.3, 0.4) is 0 Å². The summed E-state index contributed by atoms with van der Waals surface area (Å²) < 4.78 is 5.29. The summed E-state index contributed by atoms with van der Waals surface area (Å²) in [6, 6.07) is 9.35. The Hall–Kier alpha value is -2.57. The molecule has 0 spiro atoms. The van der Waals surface area contributed by atoms with Crippen LogP contribution in [0.5, 0.6) is 0 Å². The first-order valence-electron chi connectivity index (χ1n) is 10.1. The van der Waals surface area contributed by atoms with Gasteiger partial charge in [0.2, 0.25) is 0 Å². The van der Waals surface area contributed by atoms with Crippen molar-refractivity contribution in [2.45, 2.75) is 45.1 Å². The number of ether oxygens (including phenoxy) is 1. The summed E-state index contributed by atoms with van der Waals surface area (Å²) in [5, 5.41) is 2.86. The number of piperidine rings is 2. The van der Waals surface area contributed by atoms with Crippen molar-refractivity contribution < 1.29 is 19.1 Å². The molecule has 0 aromatic heterocycles. The highest BCUT2D eigenvalue weighted by Gasteiger charge is 2.30. The number of nitrogens with zero attached hydrogens (tertiary/aromatic N) is 2. The molecule has 0 bridgehead atoms. The lowest BCUT2D eigenvalue weighted by Gasteiger charge is -2.33. The van der Waals surface area contributed by atoms with Crippen molar-refractivity contribution in [3.63, 3.8) is 0 Å². The van der Waals surface area contributed by atoms with E-state index in [1.807, 2.05) is 42.2 Å². The van der Waals surface area contributed by atoms with E-state index in [1.165, 1.54) is 0 Å². The van der Waals surface area contributed by atoms with Gasteiger partial charge in [-0.1, -0.05) is 18.2 Å². The predicted octanol–water partition coefficient (Wildman–Crippen LogP) is 2.87. The normalized spacial score (nSPS) is 20.5. The Labute approximate surface area is 166 Å². The van der Waals surface area contributed by atoms with E-state index in [0.717, 1.165) is 31.5 Å². The molecule has 2 aliphatic heterocycles. The zero-order valence-corrected chi connectivity index (χ0v) is 16.4. The maximum atomic E-state index is 12.3. The van der Waals surface area contributed by atoms with Crippen LogP contribution in [0.4, 0.5) is 10.5 Å². The van der Waals surface area contributed by atoms with E-state index in [1.54, 1.807) is 4.90 Å². The molecule has 7 heteroatoms. The smallest absolute Gasteiger partial charge is 0.321 e. The first kappa shape index (κ1) is 20.2. The van der Waals surface area contributed by atoms with Crippen molar-refractivity contribution in [2.75, 3.05) is 31.6 Å². The fourth-order valence-electron chi connectivity index (χ4n) is 3.84.